The largest absolute Gasteiger partial charge is 0.477 e. The van der Waals surface area contributed by atoms with Gasteiger partial charge in [0, 0.05) is 24.8 Å². The van der Waals surface area contributed by atoms with Crippen LogP contribution in [0.25, 0.3) is 0 Å². The van der Waals surface area contributed by atoms with Crippen LogP contribution in [0, 0.1) is 11.7 Å². The molecule has 2 aromatic heterocycles. The van der Waals surface area contributed by atoms with Crippen LogP contribution in [-0.4, -0.2) is 39.8 Å². The molecular formula is C24H26ClFN4O3. The van der Waals surface area contributed by atoms with Crippen LogP contribution in [0.1, 0.15) is 30.9 Å². The normalized spacial score (nSPS) is 15.6. The summed E-state index contributed by atoms with van der Waals surface area (Å²) in [6, 6.07) is 7.82. The summed E-state index contributed by atoms with van der Waals surface area (Å²) in [5, 5.41) is 9.83. The van der Waals surface area contributed by atoms with E-state index in [0.29, 0.717) is 41.5 Å². The molecule has 0 bridgehead atoms. The zero-order chi connectivity index (χ0) is 23.2. The molecule has 0 saturated carbocycles. The molecule has 0 spiro atoms. The maximum Gasteiger partial charge on any atom is 0.232 e. The van der Waals surface area contributed by atoms with Gasteiger partial charge >= 0.3 is 0 Å². The summed E-state index contributed by atoms with van der Waals surface area (Å²) < 4.78 is 25.4. The molecule has 0 aliphatic carbocycles. The van der Waals surface area contributed by atoms with Gasteiger partial charge in [-0.3, -0.25) is 0 Å². The monoisotopic (exact) mass is 472 g/mol. The van der Waals surface area contributed by atoms with E-state index < -0.39 is 12.4 Å². The van der Waals surface area contributed by atoms with Crippen LogP contribution >= 0.6 is 11.6 Å². The highest BCUT2D eigenvalue weighted by molar-refractivity contribution is 6.31. The van der Waals surface area contributed by atoms with Crippen molar-refractivity contribution in [2.75, 3.05) is 24.6 Å². The van der Waals surface area contributed by atoms with Gasteiger partial charge in [-0.2, -0.15) is 0 Å². The number of aliphatic hydroxyl groups is 1. The molecule has 1 atom stereocenters. The number of halogens is 2. The van der Waals surface area contributed by atoms with Crippen molar-refractivity contribution in [2.45, 2.75) is 32.8 Å². The van der Waals surface area contributed by atoms with Crippen LogP contribution in [0.15, 0.2) is 42.9 Å². The van der Waals surface area contributed by atoms with Crippen molar-refractivity contribution < 1.29 is 19.0 Å². The van der Waals surface area contributed by atoms with Gasteiger partial charge in [-0.25, -0.2) is 19.3 Å². The number of anilines is 1. The first-order valence-electron chi connectivity index (χ1n) is 11.0. The van der Waals surface area contributed by atoms with Crippen LogP contribution < -0.4 is 14.4 Å². The quantitative estimate of drug-likeness (QED) is 0.478. The fourth-order valence-corrected chi connectivity index (χ4v) is 4.14. The molecule has 1 N–H and O–H groups in total. The first-order valence-corrected chi connectivity index (χ1v) is 11.4. The number of rotatable bonds is 9. The molecule has 0 radical (unpaired) electrons. The van der Waals surface area contributed by atoms with Crippen LogP contribution in [0.5, 0.6) is 17.5 Å². The van der Waals surface area contributed by atoms with Gasteiger partial charge in [0.2, 0.25) is 11.8 Å². The highest BCUT2D eigenvalue weighted by Crippen LogP contribution is 2.33. The van der Waals surface area contributed by atoms with Crippen molar-refractivity contribution in [3.8, 4) is 17.5 Å². The number of benzene rings is 1. The van der Waals surface area contributed by atoms with E-state index in [0.717, 1.165) is 37.3 Å². The van der Waals surface area contributed by atoms with E-state index in [2.05, 4.69) is 19.9 Å². The lowest BCUT2D eigenvalue weighted by atomic mass is 10.1. The minimum absolute atomic E-state index is 0.177. The highest BCUT2D eigenvalue weighted by Gasteiger charge is 2.26. The Hall–Kier alpha value is -2.97. The Balaban J connectivity index is 1.41. The summed E-state index contributed by atoms with van der Waals surface area (Å²) in [5.41, 5.74) is 1.07. The molecule has 1 aliphatic heterocycles. The molecule has 1 aliphatic rings. The number of hydrogen-bond donors (Lipinski definition) is 1. The van der Waals surface area contributed by atoms with Crippen LogP contribution in [0.2, 0.25) is 5.02 Å². The van der Waals surface area contributed by atoms with Gasteiger partial charge in [0.1, 0.15) is 28.7 Å². The molecule has 1 saturated heterocycles. The maximum atomic E-state index is 13.7. The Bertz CT molecular complexity index is 1100. The fraction of sp³-hybridized carbons (Fsp3) is 0.375. The molecule has 33 heavy (non-hydrogen) atoms. The minimum Gasteiger partial charge on any atom is -0.477 e. The molecule has 1 aromatic carbocycles. The van der Waals surface area contributed by atoms with Crippen LogP contribution in [-0.2, 0) is 13.0 Å². The van der Waals surface area contributed by atoms with Gasteiger partial charge in [-0.15, -0.1) is 0 Å². The van der Waals surface area contributed by atoms with E-state index in [9.17, 15) is 9.50 Å². The second-order valence-electron chi connectivity index (χ2n) is 7.88. The lowest BCUT2D eigenvalue weighted by Gasteiger charge is -2.21. The van der Waals surface area contributed by atoms with Gasteiger partial charge in [0.25, 0.3) is 0 Å². The summed E-state index contributed by atoms with van der Waals surface area (Å²) in [6.07, 6.45) is 5.75. The Kier molecular flexibility index (Phi) is 7.57. The highest BCUT2D eigenvalue weighted by atomic mass is 35.5. The molecule has 3 aromatic rings. The summed E-state index contributed by atoms with van der Waals surface area (Å²) in [6.45, 7) is 3.91. The predicted molar refractivity (Wildman–Crippen MR) is 123 cm³/mol. The standard InChI is InChI=1S/C24H26ClFN4O3/c1-2-19-22(28-15-29-23(19)33-18-5-6-21(26)17(12-18)14-31)30-10-7-16(13-30)8-11-32-24-20(25)4-3-9-27-24/h3-6,9,12,15-16,31H,2,7-8,10-11,13-14H2,1H3/t16-/m1/s1. The van der Waals surface area contributed by atoms with Gasteiger partial charge in [-0.05, 0) is 55.5 Å². The van der Waals surface area contributed by atoms with Crippen molar-refractivity contribution in [2.24, 2.45) is 5.92 Å². The number of aliphatic hydroxyl groups excluding tert-OH is 1. The zero-order valence-corrected chi connectivity index (χ0v) is 19.1. The molecule has 3 heterocycles. The lowest BCUT2D eigenvalue weighted by Crippen LogP contribution is -2.23. The molecule has 7 nitrogen and oxygen atoms in total. The molecular weight excluding hydrogens is 447 g/mol. The average molecular weight is 473 g/mol. The first-order chi connectivity index (χ1) is 16.1. The van der Waals surface area contributed by atoms with Crippen LogP contribution in [0.4, 0.5) is 10.2 Å². The second kappa shape index (κ2) is 10.8. The van der Waals surface area contributed by atoms with Crippen molar-refractivity contribution in [1.29, 1.82) is 0 Å². The van der Waals surface area contributed by atoms with Crippen LogP contribution in [0.3, 0.4) is 0 Å². The van der Waals surface area contributed by atoms with E-state index in [4.69, 9.17) is 21.1 Å². The number of hydrogen-bond acceptors (Lipinski definition) is 7. The van der Waals surface area contributed by atoms with Crippen molar-refractivity contribution in [1.82, 2.24) is 15.0 Å². The number of aromatic nitrogens is 3. The number of pyridine rings is 1. The average Bonchev–Trinajstić information content (AvgIpc) is 3.30. The summed E-state index contributed by atoms with van der Waals surface area (Å²) >= 11 is 6.10. The Morgan fingerprint density at radius 1 is 1.21 bits per heavy atom. The molecule has 0 unspecified atom stereocenters. The first kappa shape index (κ1) is 23.2. The number of nitrogens with zero attached hydrogens (tertiary/aromatic N) is 4. The van der Waals surface area contributed by atoms with E-state index >= 15 is 0 Å². The Morgan fingerprint density at radius 3 is 2.88 bits per heavy atom. The third-order valence-electron chi connectivity index (χ3n) is 5.71. The summed E-state index contributed by atoms with van der Waals surface area (Å²) in [4.78, 5) is 15.2. The van der Waals surface area contributed by atoms with E-state index in [1.807, 2.05) is 6.92 Å². The molecule has 174 valence electrons. The molecule has 1 fully saturated rings. The lowest BCUT2D eigenvalue weighted by molar-refractivity contribution is 0.274. The van der Waals surface area contributed by atoms with Crippen molar-refractivity contribution in [3.63, 3.8) is 0 Å². The Morgan fingerprint density at radius 2 is 2.09 bits per heavy atom. The zero-order valence-electron chi connectivity index (χ0n) is 18.4. The maximum absolute atomic E-state index is 13.7. The van der Waals surface area contributed by atoms with E-state index in [1.54, 1.807) is 18.3 Å². The minimum atomic E-state index is -0.471. The smallest absolute Gasteiger partial charge is 0.232 e. The Labute approximate surface area is 197 Å². The van der Waals surface area contributed by atoms with Gasteiger partial charge in [-0.1, -0.05) is 18.5 Å². The SMILES string of the molecule is CCc1c(Oc2ccc(F)c(CO)c2)ncnc1N1CC[C@H](CCOc2ncccc2Cl)C1. The van der Waals surface area contributed by atoms with Gasteiger partial charge in [0.15, 0.2) is 0 Å². The third-order valence-corrected chi connectivity index (χ3v) is 6.00. The van der Waals surface area contributed by atoms with Gasteiger partial charge < -0.3 is 19.5 Å². The van der Waals surface area contributed by atoms with E-state index in [-0.39, 0.29) is 5.56 Å². The third kappa shape index (κ3) is 5.51. The van der Waals surface area contributed by atoms with Gasteiger partial charge in [0.05, 0.1) is 18.8 Å². The topological polar surface area (TPSA) is 80.6 Å². The predicted octanol–water partition coefficient (Wildman–Crippen LogP) is 4.81. The van der Waals surface area contributed by atoms with Crippen molar-refractivity contribution >= 4 is 17.4 Å². The molecule has 9 heteroatoms. The number of ether oxygens (including phenoxy) is 2. The molecule has 0 amide bonds. The fourth-order valence-electron chi connectivity index (χ4n) is 3.97. The van der Waals surface area contributed by atoms with E-state index in [1.165, 1.54) is 24.5 Å². The molecule has 4 rings (SSSR count). The summed E-state index contributed by atoms with van der Waals surface area (Å²) in [7, 11) is 0. The van der Waals surface area contributed by atoms with Crippen molar-refractivity contribution in [3.05, 3.63) is 64.8 Å². The summed E-state index contributed by atoms with van der Waals surface area (Å²) in [5.74, 6) is 2.16. The second-order valence-corrected chi connectivity index (χ2v) is 8.28.